The van der Waals surface area contributed by atoms with E-state index in [1.807, 2.05) is 6.92 Å². The first-order valence-electron chi connectivity index (χ1n) is 13.3. The number of hydrogen-bond acceptors (Lipinski definition) is 6. The highest BCUT2D eigenvalue weighted by molar-refractivity contribution is 6.39. The van der Waals surface area contributed by atoms with E-state index in [0.717, 1.165) is 43.5 Å². The Morgan fingerprint density at radius 1 is 1.05 bits per heavy atom. The molecule has 0 spiro atoms. The van der Waals surface area contributed by atoms with E-state index in [-0.39, 0.29) is 36.3 Å². The molecule has 0 aromatic carbocycles. The monoisotopic (exact) mass is 561 g/mol. The van der Waals surface area contributed by atoms with Crippen LogP contribution in [0.15, 0.2) is 30.6 Å². The van der Waals surface area contributed by atoms with Crippen LogP contribution in [0.1, 0.15) is 76.1 Å². The predicted octanol–water partition coefficient (Wildman–Crippen LogP) is 5.73. The summed E-state index contributed by atoms with van der Waals surface area (Å²) in [5, 5.41) is 5.24. The molecule has 1 atom stereocenters. The van der Waals surface area contributed by atoms with Crippen molar-refractivity contribution in [3.8, 4) is 0 Å². The number of nitrogens with one attached hydrogen (secondary N) is 2. The molecule has 2 aromatic rings. The van der Waals surface area contributed by atoms with Crippen molar-refractivity contribution in [1.29, 1.82) is 0 Å². The minimum Gasteiger partial charge on any atom is -0.444 e. The Labute approximate surface area is 230 Å². The third-order valence-corrected chi connectivity index (χ3v) is 6.73. The summed E-state index contributed by atoms with van der Waals surface area (Å²) < 4.78 is 44.1. The molecule has 9 nitrogen and oxygen atoms in total. The molecule has 0 radical (unpaired) electrons. The van der Waals surface area contributed by atoms with E-state index in [1.54, 1.807) is 26.8 Å². The van der Waals surface area contributed by atoms with Gasteiger partial charge in [0.15, 0.2) is 0 Å². The third kappa shape index (κ3) is 8.15. The highest BCUT2D eigenvalue weighted by atomic mass is 19.4. The molecule has 216 valence electrons. The summed E-state index contributed by atoms with van der Waals surface area (Å²) >= 11 is 0. The van der Waals surface area contributed by atoms with Gasteiger partial charge in [-0.3, -0.25) is 19.9 Å². The van der Waals surface area contributed by atoms with E-state index in [0.29, 0.717) is 11.7 Å². The number of alkyl halides is 3. The Hall–Kier alpha value is -3.70. The SMILES string of the molecule is CC(CN(Cc1ccc(C(F)(F)F)cn1)C(=O)C(=O)Nc1cnc(NC(=O)OC(C)(C)C)c(C2CC2)c1)C1CC1. The molecule has 3 amide bonds. The van der Waals surface area contributed by atoms with E-state index in [1.165, 1.54) is 17.2 Å². The van der Waals surface area contributed by atoms with Gasteiger partial charge in [0.1, 0.15) is 11.4 Å². The van der Waals surface area contributed by atoms with Crippen molar-refractivity contribution < 1.29 is 32.3 Å². The van der Waals surface area contributed by atoms with Gasteiger partial charge in [-0.25, -0.2) is 9.78 Å². The highest BCUT2D eigenvalue weighted by Crippen LogP contribution is 2.43. The summed E-state index contributed by atoms with van der Waals surface area (Å²) in [4.78, 5) is 48.0. The first kappa shape index (κ1) is 29.3. The summed E-state index contributed by atoms with van der Waals surface area (Å²) in [5.74, 6) is -0.674. The number of aromatic nitrogens is 2. The zero-order chi connectivity index (χ0) is 29.2. The number of carbonyl (C=O) groups is 3. The van der Waals surface area contributed by atoms with Crippen LogP contribution in [0.3, 0.4) is 0 Å². The Kier molecular flexibility index (Phi) is 8.36. The topological polar surface area (TPSA) is 114 Å². The summed E-state index contributed by atoms with van der Waals surface area (Å²) in [7, 11) is 0. The van der Waals surface area contributed by atoms with Crippen LogP contribution in [0.2, 0.25) is 0 Å². The fourth-order valence-electron chi connectivity index (χ4n) is 4.35. The van der Waals surface area contributed by atoms with E-state index in [4.69, 9.17) is 4.74 Å². The zero-order valence-electron chi connectivity index (χ0n) is 23.0. The molecule has 1 unspecified atom stereocenters. The third-order valence-electron chi connectivity index (χ3n) is 6.73. The van der Waals surface area contributed by atoms with Crippen molar-refractivity contribution in [2.24, 2.45) is 11.8 Å². The minimum atomic E-state index is -4.52. The van der Waals surface area contributed by atoms with Crippen LogP contribution in [-0.4, -0.2) is 44.9 Å². The lowest BCUT2D eigenvalue weighted by molar-refractivity contribution is -0.144. The van der Waals surface area contributed by atoms with Gasteiger partial charge in [-0.2, -0.15) is 13.2 Å². The van der Waals surface area contributed by atoms with Gasteiger partial charge >= 0.3 is 24.1 Å². The van der Waals surface area contributed by atoms with Gasteiger partial charge in [-0.05, 0) is 82.4 Å². The van der Waals surface area contributed by atoms with Crippen LogP contribution in [0.4, 0.5) is 29.5 Å². The van der Waals surface area contributed by atoms with E-state index >= 15 is 0 Å². The highest BCUT2D eigenvalue weighted by Gasteiger charge is 2.34. The number of nitrogens with zero attached hydrogens (tertiary/aromatic N) is 3. The number of halogens is 3. The number of ether oxygens (including phenoxy) is 1. The van der Waals surface area contributed by atoms with Crippen LogP contribution >= 0.6 is 0 Å². The number of anilines is 2. The van der Waals surface area contributed by atoms with Crippen molar-refractivity contribution in [2.75, 3.05) is 17.2 Å². The molecule has 4 rings (SSSR count). The Balaban J connectivity index is 1.47. The molecular formula is C28H34F3N5O4. The number of rotatable bonds is 8. The number of pyridine rings is 2. The molecule has 2 saturated carbocycles. The van der Waals surface area contributed by atoms with Gasteiger partial charge < -0.3 is 15.0 Å². The normalized spacial score (nSPS) is 16.2. The van der Waals surface area contributed by atoms with Crippen LogP contribution < -0.4 is 10.6 Å². The van der Waals surface area contributed by atoms with Crippen LogP contribution in [-0.2, 0) is 27.0 Å². The zero-order valence-corrected chi connectivity index (χ0v) is 23.0. The number of hydrogen-bond donors (Lipinski definition) is 2. The largest absolute Gasteiger partial charge is 0.444 e. The van der Waals surface area contributed by atoms with Gasteiger partial charge in [0.25, 0.3) is 0 Å². The minimum absolute atomic E-state index is 0.105. The number of amides is 3. The van der Waals surface area contributed by atoms with Crippen LogP contribution in [0, 0.1) is 11.8 Å². The summed E-state index contributed by atoms with van der Waals surface area (Å²) in [6.07, 6.45) is 0.763. The lowest BCUT2D eigenvalue weighted by Crippen LogP contribution is -2.42. The lowest BCUT2D eigenvalue weighted by Gasteiger charge is -2.25. The van der Waals surface area contributed by atoms with Gasteiger partial charge in [0.2, 0.25) is 0 Å². The van der Waals surface area contributed by atoms with Gasteiger partial charge in [0.05, 0.1) is 29.7 Å². The van der Waals surface area contributed by atoms with Gasteiger partial charge in [-0.1, -0.05) is 6.92 Å². The molecule has 2 heterocycles. The maximum absolute atomic E-state index is 13.2. The fourth-order valence-corrected chi connectivity index (χ4v) is 4.35. The smallest absolute Gasteiger partial charge is 0.417 e. The second-order valence-corrected chi connectivity index (χ2v) is 11.6. The van der Waals surface area contributed by atoms with E-state index < -0.39 is 35.2 Å². The standard InChI is InChI=1S/C28H34F3N5O4/c1-16(17-5-6-17)14-36(15-20-10-9-19(12-32-20)28(29,30)31)25(38)24(37)34-21-11-22(18-7-8-18)23(33-13-21)35-26(39)40-27(2,3)4/h9-13,16-18H,5-8,14-15H2,1-4H3,(H,34,37)(H,33,35,39). The Morgan fingerprint density at radius 3 is 2.30 bits per heavy atom. The summed E-state index contributed by atoms with van der Waals surface area (Å²) in [5.41, 5.74) is -0.312. The molecule has 2 fully saturated rings. The summed E-state index contributed by atoms with van der Waals surface area (Å²) in [6, 6.07) is 3.80. The Morgan fingerprint density at radius 2 is 1.75 bits per heavy atom. The van der Waals surface area contributed by atoms with E-state index in [9.17, 15) is 27.6 Å². The quantitative estimate of drug-likeness (QED) is 0.398. The lowest BCUT2D eigenvalue weighted by atomic mass is 10.1. The molecule has 0 aliphatic heterocycles. The molecule has 2 aliphatic carbocycles. The molecule has 12 heteroatoms. The summed E-state index contributed by atoms with van der Waals surface area (Å²) in [6.45, 7) is 7.40. The van der Waals surface area contributed by atoms with Crippen molar-refractivity contribution in [3.05, 3.63) is 47.4 Å². The fraction of sp³-hybridized carbons (Fsp3) is 0.536. The maximum Gasteiger partial charge on any atom is 0.417 e. The first-order valence-corrected chi connectivity index (χ1v) is 13.3. The van der Waals surface area contributed by atoms with Crippen molar-refractivity contribution in [2.45, 2.75) is 77.6 Å². The molecule has 0 saturated heterocycles. The van der Waals surface area contributed by atoms with Crippen molar-refractivity contribution in [3.63, 3.8) is 0 Å². The van der Waals surface area contributed by atoms with E-state index in [2.05, 4.69) is 20.6 Å². The number of carbonyl (C=O) groups excluding carboxylic acids is 3. The van der Waals surface area contributed by atoms with Crippen LogP contribution in [0.5, 0.6) is 0 Å². The molecule has 2 aromatic heterocycles. The molecule has 2 aliphatic rings. The van der Waals surface area contributed by atoms with Gasteiger partial charge in [-0.15, -0.1) is 0 Å². The molecule has 2 N–H and O–H groups in total. The van der Waals surface area contributed by atoms with Gasteiger partial charge in [0, 0.05) is 18.3 Å². The molecule has 0 bridgehead atoms. The molecular weight excluding hydrogens is 527 g/mol. The molecule has 40 heavy (non-hydrogen) atoms. The second-order valence-electron chi connectivity index (χ2n) is 11.6. The first-order chi connectivity index (χ1) is 18.7. The van der Waals surface area contributed by atoms with Crippen molar-refractivity contribution >= 4 is 29.4 Å². The van der Waals surface area contributed by atoms with Crippen LogP contribution in [0.25, 0.3) is 0 Å². The average molecular weight is 562 g/mol. The average Bonchev–Trinajstić information content (AvgIpc) is 3.75. The Bertz CT molecular complexity index is 1250. The van der Waals surface area contributed by atoms with Crippen molar-refractivity contribution in [1.82, 2.24) is 14.9 Å². The predicted molar refractivity (Wildman–Crippen MR) is 141 cm³/mol. The second kappa shape index (κ2) is 11.4. The maximum atomic E-state index is 13.2.